The van der Waals surface area contributed by atoms with E-state index in [0.717, 1.165) is 42.6 Å². The van der Waals surface area contributed by atoms with E-state index in [2.05, 4.69) is 20.7 Å². The van der Waals surface area contributed by atoms with Gasteiger partial charge in [0.05, 0.1) is 19.6 Å². The van der Waals surface area contributed by atoms with Crippen LogP contribution in [0.25, 0.3) is 11.4 Å². The zero-order valence-corrected chi connectivity index (χ0v) is 18.4. The SMILES string of the molecule is O=C(CCNC(=O)C12CC3CC(CC(C3)C1)C2)OCCCn1nnc(-c2ccccc2)n1. The highest BCUT2D eigenvalue weighted by atomic mass is 16.5. The first-order valence-corrected chi connectivity index (χ1v) is 11.9. The molecule has 0 aliphatic heterocycles. The molecule has 8 heteroatoms. The molecule has 0 radical (unpaired) electrons. The van der Waals surface area contributed by atoms with Crippen LogP contribution < -0.4 is 5.32 Å². The van der Waals surface area contributed by atoms with Crippen molar-refractivity contribution in [2.45, 2.75) is 57.9 Å². The molecular formula is C24H31N5O3. The van der Waals surface area contributed by atoms with E-state index >= 15 is 0 Å². The number of esters is 1. The van der Waals surface area contributed by atoms with Crippen molar-refractivity contribution in [1.82, 2.24) is 25.5 Å². The molecule has 32 heavy (non-hydrogen) atoms. The fourth-order valence-corrected chi connectivity index (χ4v) is 6.36. The standard InChI is InChI=1S/C24H31N5O3/c30-21(32-10-4-9-29-27-22(26-28-29)20-5-2-1-3-6-20)7-8-25-23(31)24-14-17-11-18(15-24)13-19(12-17)16-24/h1-3,5-6,17-19H,4,7-16H2,(H,25,31). The Morgan fingerprint density at radius 1 is 1.06 bits per heavy atom. The third kappa shape index (κ3) is 4.54. The molecule has 1 amide bonds. The molecule has 0 spiro atoms. The Hall–Kier alpha value is -2.77. The van der Waals surface area contributed by atoms with Crippen molar-refractivity contribution in [3.8, 4) is 11.4 Å². The maximum absolute atomic E-state index is 12.9. The minimum absolute atomic E-state index is 0.163. The number of aryl methyl sites for hydroxylation is 1. The highest BCUT2D eigenvalue weighted by Crippen LogP contribution is 2.60. The molecule has 1 heterocycles. The van der Waals surface area contributed by atoms with Crippen LogP contribution in [0.3, 0.4) is 0 Å². The molecule has 6 rings (SSSR count). The summed E-state index contributed by atoms with van der Waals surface area (Å²) in [6, 6.07) is 9.68. The average molecular weight is 438 g/mol. The van der Waals surface area contributed by atoms with E-state index in [1.807, 2.05) is 30.3 Å². The van der Waals surface area contributed by atoms with Gasteiger partial charge < -0.3 is 10.1 Å². The van der Waals surface area contributed by atoms with Gasteiger partial charge >= 0.3 is 5.97 Å². The molecule has 4 aliphatic rings. The molecule has 170 valence electrons. The van der Waals surface area contributed by atoms with Crippen LogP contribution >= 0.6 is 0 Å². The lowest BCUT2D eigenvalue weighted by molar-refractivity contribution is -0.147. The monoisotopic (exact) mass is 437 g/mol. The minimum Gasteiger partial charge on any atom is -0.466 e. The van der Waals surface area contributed by atoms with E-state index in [-0.39, 0.29) is 23.7 Å². The number of nitrogens with zero attached hydrogens (tertiary/aromatic N) is 4. The van der Waals surface area contributed by atoms with Crippen LogP contribution in [0, 0.1) is 23.2 Å². The summed E-state index contributed by atoms with van der Waals surface area (Å²) < 4.78 is 5.31. The predicted octanol–water partition coefficient (Wildman–Crippen LogP) is 3.00. The molecule has 4 aliphatic carbocycles. The van der Waals surface area contributed by atoms with Crippen molar-refractivity contribution in [2.24, 2.45) is 23.2 Å². The van der Waals surface area contributed by atoms with Gasteiger partial charge in [-0.25, -0.2) is 0 Å². The molecule has 0 unspecified atom stereocenters. The number of ether oxygens (including phenoxy) is 1. The van der Waals surface area contributed by atoms with Crippen molar-refractivity contribution in [3.63, 3.8) is 0 Å². The van der Waals surface area contributed by atoms with Crippen molar-refractivity contribution in [2.75, 3.05) is 13.2 Å². The lowest BCUT2D eigenvalue weighted by Gasteiger charge is -2.55. The van der Waals surface area contributed by atoms with E-state index in [9.17, 15) is 9.59 Å². The maximum Gasteiger partial charge on any atom is 0.307 e. The number of benzene rings is 1. The van der Waals surface area contributed by atoms with E-state index in [0.29, 0.717) is 31.9 Å². The summed E-state index contributed by atoms with van der Waals surface area (Å²) in [5.74, 6) is 2.67. The highest BCUT2D eigenvalue weighted by Gasteiger charge is 2.54. The maximum atomic E-state index is 12.9. The van der Waals surface area contributed by atoms with Crippen molar-refractivity contribution < 1.29 is 14.3 Å². The van der Waals surface area contributed by atoms with Gasteiger partial charge in [-0.1, -0.05) is 30.3 Å². The molecule has 2 aromatic rings. The van der Waals surface area contributed by atoms with Crippen molar-refractivity contribution in [1.29, 1.82) is 0 Å². The van der Waals surface area contributed by atoms with E-state index < -0.39 is 0 Å². The summed E-state index contributed by atoms with van der Waals surface area (Å²) >= 11 is 0. The summed E-state index contributed by atoms with van der Waals surface area (Å²) in [4.78, 5) is 26.5. The van der Waals surface area contributed by atoms with E-state index in [1.54, 1.807) is 0 Å². The van der Waals surface area contributed by atoms with Crippen LogP contribution in [-0.4, -0.2) is 45.2 Å². The summed E-state index contributed by atoms with van der Waals surface area (Å²) in [6.07, 6.45) is 7.88. The zero-order chi connectivity index (χ0) is 22.0. The van der Waals surface area contributed by atoms with Gasteiger partial charge in [0.15, 0.2) is 0 Å². The largest absolute Gasteiger partial charge is 0.466 e. The van der Waals surface area contributed by atoms with Crippen molar-refractivity contribution >= 4 is 11.9 Å². The molecule has 0 saturated heterocycles. The predicted molar refractivity (Wildman–Crippen MR) is 117 cm³/mol. The second-order valence-electron chi connectivity index (χ2n) is 9.85. The number of carbonyl (C=O) groups excluding carboxylic acids is 2. The molecule has 4 fully saturated rings. The number of nitrogens with one attached hydrogen (secondary N) is 1. The van der Waals surface area contributed by atoms with E-state index in [1.165, 1.54) is 24.1 Å². The Morgan fingerprint density at radius 3 is 2.44 bits per heavy atom. The van der Waals surface area contributed by atoms with Crippen LogP contribution in [-0.2, 0) is 20.9 Å². The molecule has 1 N–H and O–H groups in total. The second-order valence-corrected chi connectivity index (χ2v) is 9.85. The number of amides is 1. The summed E-state index contributed by atoms with van der Waals surface area (Å²) in [6.45, 7) is 1.17. The van der Waals surface area contributed by atoms with Crippen LogP contribution in [0.15, 0.2) is 30.3 Å². The Balaban J connectivity index is 0.990. The van der Waals surface area contributed by atoms with Gasteiger partial charge in [0.25, 0.3) is 0 Å². The van der Waals surface area contributed by atoms with Crippen LogP contribution in [0.2, 0.25) is 0 Å². The van der Waals surface area contributed by atoms with Gasteiger partial charge in [0, 0.05) is 23.9 Å². The summed E-state index contributed by atoms with van der Waals surface area (Å²) in [5, 5.41) is 15.5. The quantitative estimate of drug-likeness (QED) is 0.478. The number of aromatic nitrogens is 4. The fourth-order valence-electron chi connectivity index (χ4n) is 6.36. The highest BCUT2D eigenvalue weighted by molar-refractivity contribution is 5.83. The van der Waals surface area contributed by atoms with Crippen molar-refractivity contribution in [3.05, 3.63) is 30.3 Å². The normalized spacial score (nSPS) is 27.9. The smallest absolute Gasteiger partial charge is 0.307 e. The van der Waals surface area contributed by atoms with E-state index in [4.69, 9.17) is 4.74 Å². The topological polar surface area (TPSA) is 99.0 Å². The zero-order valence-electron chi connectivity index (χ0n) is 18.4. The number of rotatable bonds is 9. The number of hydrogen-bond acceptors (Lipinski definition) is 6. The molecule has 1 aromatic heterocycles. The number of hydrogen-bond donors (Lipinski definition) is 1. The first-order valence-electron chi connectivity index (χ1n) is 11.9. The van der Waals surface area contributed by atoms with Crippen LogP contribution in [0.1, 0.15) is 51.4 Å². The summed E-state index contributed by atoms with van der Waals surface area (Å²) in [5.41, 5.74) is 0.753. The van der Waals surface area contributed by atoms with Gasteiger partial charge in [-0.3, -0.25) is 9.59 Å². The van der Waals surface area contributed by atoms with Crippen LogP contribution in [0.5, 0.6) is 0 Å². The van der Waals surface area contributed by atoms with Crippen LogP contribution in [0.4, 0.5) is 0 Å². The lowest BCUT2D eigenvalue weighted by Crippen LogP contribution is -2.53. The second kappa shape index (κ2) is 9.00. The van der Waals surface area contributed by atoms with Gasteiger partial charge in [0.1, 0.15) is 0 Å². The van der Waals surface area contributed by atoms with Gasteiger partial charge in [0.2, 0.25) is 11.7 Å². The molecule has 4 saturated carbocycles. The molecule has 0 atom stereocenters. The van der Waals surface area contributed by atoms with Gasteiger partial charge in [-0.15, -0.1) is 10.2 Å². The number of tetrazole rings is 1. The Bertz CT molecular complexity index is 922. The first kappa shape index (κ1) is 21.1. The summed E-state index contributed by atoms with van der Waals surface area (Å²) in [7, 11) is 0. The fraction of sp³-hybridized carbons (Fsp3) is 0.625. The molecular weight excluding hydrogens is 406 g/mol. The third-order valence-electron chi connectivity index (χ3n) is 7.38. The molecule has 1 aromatic carbocycles. The third-order valence-corrected chi connectivity index (χ3v) is 7.38. The molecule has 4 bridgehead atoms. The minimum atomic E-state index is -0.285. The average Bonchev–Trinajstić information content (AvgIpc) is 3.25. The Labute approximate surface area is 188 Å². The first-order chi connectivity index (χ1) is 15.6. The Kier molecular flexibility index (Phi) is 5.93. The molecule has 8 nitrogen and oxygen atoms in total. The lowest BCUT2D eigenvalue weighted by atomic mass is 9.49. The Morgan fingerprint density at radius 2 is 1.75 bits per heavy atom. The van der Waals surface area contributed by atoms with Gasteiger partial charge in [-0.2, -0.15) is 4.80 Å². The number of carbonyl (C=O) groups is 2. The van der Waals surface area contributed by atoms with Gasteiger partial charge in [-0.05, 0) is 61.5 Å².